The number of aromatic nitrogens is 2. The van der Waals surface area contributed by atoms with Crippen LogP contribution in [-0.4, -0.2) is 58.5 Å². The molecule has 4 rings (SSSR count). The zero-order valence-corrected chi connectivity index (χ0v) is 16.0. The largest absolute Gasteiger partial charge is 0.505 e. The molecule has 0 radical (unpaired) electrons. The second-order valence-corrected chi connectivity index (χ2v) is 8.11. The van der Waals surface area contributed by atoms with Gasteiger partial charge >= 0.3 is 5.97 Å². The third kappa shape index (κ3) is 3.61. The Hall–Kier alpha value is -3.41. The number of ether oxygens (including phenoxy) is 1. The summed E-state index contributed by atoms with van der Waals surface area (Å²) in [4.78, 5) is 18.5. The van der Waals surface area contributed by atoms with Crippen molar-refractivity contribution in [3.05, 3.63) is 60.0 Å². The Balaban J connectivity index is 1.52. The summed E-state index contributed by atoms with van der Waals surface area (Å²) in [7, 11) is -4.28. The Morgan fingerprint density at radius 2 is 1.90 bits per heavy atom. The minimum absolute atomic E-state index is 0.184. The number of esters is 1. The van der Waals surface area contributed by atoms with Crippen molar-refractivity contribution < 1.29 is 37.5 Å². The summed E-state index contributed by atoms with van der Waals surface area (Å²) in [6, 6.07) is 13.4. The topological polar surface area (TPSA) is 159 Å². The molecule has 10 nitrogen and oxygen atoms in total. The summed E-state index contributed by atoms with van der Waals surface area (Å²) in [6.45, 7) is -0.812. The van der Waals surface area contributed by atoms with E-state index in [4.69, 9.17) is 4.18 Å². The summed E-state index contributed by atoms with van der Waals surface area (Å²) in [5.74, 6) is -2.58. The van der Waals surface area contributed by atoms with E-state index >= 15 is 0 Å². The molecule has 0 aliphatic carbocycles. The maximum Gasteiger partial charge on any atom is 0.377 e. The van der Waals surface area contributed by atoms with Crippen LogP contribution in [0.15, 0.2) is 64.9 Å². The Morgan fingerprint density at radius 3 is 2.57 bits per heavy atom. The molecule has 2 heterocycles. The maximum absolute atomic E-state index is 12.5. The van der Waals surface area contributed by atoms with E-state index < -0.39 is 46.4 Å². The van der Waals surface area contributed by atoms with Crippen LogP contribution in [0.5, 0.6) is 0 Å². The average Bonchev–Trinajstić information content (AvgIpc) is 3.29. The molecular weight excluding hydrogens is 416 g/mol. The molecule has 3 aromatic rings. The van der Waals surface area contributed by atoms with Crippen LogP contribution in [0.2, 0.25) is 0 Å². The number of nitrogens with one attached hydrogen (secondary N) is 1. The molecule has 0 amide bonds. The number of carbonyl (C=O) groups is 1. The van der Waals surface area contributed by atoms with Gasteiger partial charge in [-0.2, -0.15) is 8.42 Å². The number of aromatic amines is 1. The Bertz CT molecular complexity index is 1250. The summed E-state index contributed by atoms with van der Waals surface area (Å²) in [6.07, 6.45) is -3.33. The van der Waals surface area contributed by atoms with E-state index in [1.807, 2.05) is 30.3 Å². The van der Waals surface area contributed by atoms with Crippen molar-refractivity contribution in [2.45, 2.75) is 17.1 Å². The highest BCUT2D eigenvalue weighted by Gasteiger charge is 2.40. The normalized spacial score (nSPS) is 18.0. The first-order valence-corrected chi connectivity index (χ1v) is 10.1. The first-order valence-electron chi connectivity index (χ1n) is 8.72. The van der Waals surface area contributed by atoms with E-state index in [9.17, 15) is 28.5 Å². The summed E-state index contributed by atoms with van der Waals surface area (Å²) in [5.41, 5.74) is 1.85. The van der Waals surface area contributed by atoms with Crippen LogP contribution in [0.4, 0.5) is 0 Å². The van der Waals surface area contributed by atoms with Gasteiger partial charge in [0.1, 0.15) is 11.9 Å². The predicted octanol–water partition coefficient (Wildman–Crippen LogP) is 1.55. The molecule has 0 spiro atoms. The lowest BCUT2D eigenvalue weighted by Gasteiger charge is -2.17. The molecule has 0 unspecified atom stereocenters. The quantitative estimate of drug-likeness (QED) is 0.335. The van der Waals surface area contributed by atoms with E-state index in [1.54, 1.807) is 0 Å². The molecule has 0 saturated carbocycles. The van der Waals surface area contributed by atoms with Crippen LogP contribution < -0.4 is 0 Å². The lowest BCUT2D eigenvalue weighted by atomic mass is 10.2. The minimum atomic E-state index is -4.28. The monoisotopic (exact) mass is 432 g/mol. The SMILES string of the molecule is O=C1O[C@H]([C@H](O)COS(=O)(=O)c2ccc3nc(-c4ccccc4)[nH]c3c2)C(O)=C1O. The van der Waals surface area contributed by atoms with Crippen LogP contribution >= 0.6 is 0 Å². The van der Waals surface area contributed by atoms with Crippen molar-refractivity contribution in [1.29, 1.82) is 0 Å². The van der Waals surface area contributed by atoms with Crippen molar-refractivity contribution in [2.24, 2.45) is 0 Å². The molecule has 2 aromatic carbocycles. The minimum Gasteiger partial charge on any atom is -0.505 e. The van der Waals surface area contributed by atoms with Crippen molar-refractivity contribution in [3.63, 3.8) is 0 Å². The Labute approximate surface area is 170 Å². The van der Waals surface area contributed by atoms with Gasteiger partial charge in [0.2, 0.25) is 5.76 Å². The third-order valence-electron chi connectivity index (χ3n) is 4.47. The fourth-order valence-electron chi connectivity index (χ4n) is 2.92. The molecule has 1 aliphatic heterocycles. The average molecular weight is 432 g/mol. The Morgan fingerprint density at radius 1 is 1.17 bits per heavy atom. The second kappa shape index (κ2) is 7.44. The maximum atomic E-state index is 12.5. The van der Waals surface area contributed by atoms with Crippen molar-refractivity contribution in [3.8, 4) is 11.4 Å². The van der Waals surface area contributed by atoms with Gasteiger partial charge < -0.3 is 25.0 Å². The first-order chi connectivity index (χ1) is 14.3. The zero-order valence-electron chi connectivity index (χ0n) is 15.2. The van der Waals surface area contributed by atoms with E-state index in [1.165, 1.54) is 18.2 Å². The molecule has 4 N–H and O–H groups in total. The number of nitrogens with zero attached hydrogens (tertiary/aromatic N) is 1. The number of cyclic esters (lactones) is 1. The first kappa shape index (κ1) is 19.9. The van der Waals surface area contributed by atoms with E-state index in [2.05, 4.69) is 14.7 Å². The number of benzene rings is 2. The van der Waals surface area contributed by atoms with Gasteiger partial charge in [-0.05, 0) is 18.2 Å². The second-order valence-electron chi connectivity index (χ2n) is 6.50. The number of carbonyl (C=O) groups excluding carboxylic acids is 1. The van der Waals surface area contributed by atoms with Crippen LogP contribution in [-0.2, 0) is 23.8 Å². The standard InChI is InChI=1S/C19H16N2O8S/c22-14(17-15(23)16(24)19(25)29-17)9-28-30(26,27)11-6-7-12-13(8-11)21-18(20-12)10-4-2-1-3-5-10/h1-8,14,17,22-24H,9H2,(H,20,21)/t14-,17-/m1/s1. The number of hydrogen-bond acceptors (Lipinski definition) is 9. The molecule has 1 aliphatic rings. The van der Waals surface area contributed by atoms with Crippen LogP contribution in [0.25, 0.3) is 22.4 Å². The highest BCUT2D eigenvalue weighted by molar-refractivity contribution is 7.86. The molecule has 156 valence electrons. The van der Waals surface area contributed by atoms with E-state index in [-0.39, 0.29) is 4.90 Å². The fourth-order valence-corrected chi connectivity index (χ4v) is 3.87. The molecule has 11 heteroatoms. The van der Waals surface area contributed by atoms with Gasteiger partial charge in [0.15, 0.2) is 11.9 Å². The number of H-pyrrole nitrogens is 1. The van der Waals surface area contributed by atoms with Crippen molar-refractivity contribution >= 4 is 27.1 Å². The number of aliphatic hydroxyl groups is 3. The van der Waals surface area contributed by atoms with Gasteiger partial charge in [-0.25, -0.2) is 9.78 Å². The molecule has 0 bridgehead atoms. The molecule has 30 heavy (non-hydrogen) atoms. The molecule has 2 atom stereocenters. The zero-order chi connectivity index (χ0) is 21.5. The lowest BCUT2D eigenvalue weighted by Crippen LogP contribution is -2.33. The van der Waals surface area contributed by atoms with Gasteiger partial charge in [-0.1, -0.05) is 30.3 Å². The fraction of sp³-hybridized carbons (Fsp3) is 0.158. The van der Waals surface area contributed by atoms with Gasteiger partial charge in [-0.3, -0.25) is 4.18 Å². The summed E-state index contributed by atoms with van der Waals surface area (Å²) in [5, 5.41) is 28.8. The van der Waals surface area contributed by atoms with E-state index in [0.29, 0.717) is 16.9 Å². The number of fused-ring (bicyclic) bond motifs is 1. The van der Waals surface area contributed by atoms with Gasteiger partial charge in [0.25, 0.3) is 10.1 Å². The van der Waals surface area contributed by atoms with Crippen LogP contribution in [0, 0.1) is 0 Å². The lowest BCUT2D eigenvalue weighted by molar-refractivity contribution is -0.147. The predicted molar refractivity (Wildman–Crippen MR) is 103 cm³/mol. The smallest absolute Gasteiger partial charge is 0.377 e. The summed E-state index contributed by atoms with van der Waals surface area (Å²) >= 11 is 0. The number of rotatable bonds is 6. The summed E-state index contributed by atoms with van der Waals surface area (Å²) < 4.78 is 34.4. The van der Waals surface area contributed by atoms with E-state index in [0.717, 1.165) is 5.56 Å². The van der Waals surface area contributed by atoms with Crippen LogP contribution in [0.3, 0.4) is 0 Å². The van der Waals surface area contributed by atoms with Gasteiger partial charge in [0, 0.05) is 5.56 Å². The molecule has 1 aromatic heterocycles. The third-order valence-corrected chi connectivity index (χ3v) is 5.75. The van der Waals surface area contributed by atoms with Gasteiger partial charge in [0.05, 0.1) is 22.5 Å². The van der Waals surface area contributed by atoms with Crippen molar-refractivity contribution in [2.75, 3.05) is 6.61 Å². The highest BCUT2D eigenvalue weighted by Crippen LogP contribution is 2.25. The number of aliphatic hydroxyl groups excluding tert-OH is 3. The van der Waals surface area contributed by atoms with Crippen molar-refractivity contribution in [1.82, 2.24) is 9.97 Å². The van der Waals surface area contributed by atoms with Crippen LogP contribution in [0.1, 0.15) is 0 Å². The highest BCUT2D eigenvalue weighted by atomic mass is 32.2. The Kier molecular flexibility index (Phi) is 4.94. The van der Waals surface area contributed by atoms with Gasteiger partial charge in [-0.15, -0.1) is 0 Å². The molecule has 0 saturated heterocycles. The molecular formula is C19H16N2O8S. The number of imidazole rings is 1. The number of hydrogen-bond donors (Lipinski definition) is 4. The molecule has 0 fully saturated rings.